The average Bonchev–Trinajstić information content (AvgIpc) is 2.34. The van der Waals surface area contributed by atoms with Gasteiger partial charge in [0.15, 0.2) is 11.6 Å². The second-order valence-electron chi connectivity index (χ2n) is 3.75. The first kappa shape index (κ1) is 13.1. The number of carbonyl (C=O) groups is 1. The highest BCUT2D eigenvalue weighted by Crippen LogP contribution is 2.28. The van der Waals surface area contributed by atoms with Crippen LogP contribution in [0.3, 0.4) is 0 Å². The van der Waals surface area contributed by atoms with E-state index in [0.29, 0.717) is 6.07 Å². The van der Waals surface area contributed by atoms with E-state index in [1.165, 1.54) is 0 Å². The van der Waals surface area contributed by atoms with Gasteiger partial charge in [-0.25, -0.2) is 22.4 Å². The molecular formula is C13H6F4O2. The summed E-state index contributed by atoms with van der Waals surface area (Å²) in [7, 11) is 0. The van der Waals surface area contributed by atoms with Crippen molar-refractivity contribution in [1.29, 1.82) is 0 Å². The predicted molar refractivity (Wildman–Crippen MR) is 58.7 cm³/mol. The number of carboxylic acids is 1. The molecule has 0 bridgehead atoms. The van der Waals surface area contributed by atoms with Crippen LogP contribution in [0.1, 0.15) is 10.4 Å². The van der Waals surface area contributed by atoms with Crippen LogP contribution in [0.4, 0.5) is 17.6 Å². The van der Waals surface area contributed by atoms with Gasteiger partial charge in [0, 0.05) is 17.2 Å². The molecule has 0 aliphatic heterocycles. The molecule has 2 nitrogen and oxygen atoms in total. The Morgan fingerprint density at radius 2 is 1.37 bits per heavy atom. The quantitative estimate of drug-likeness (QED) is 0.668. The van der Waals surface area contributed by atoms with Crippen LogP contribution in [0, 0.1) is 23.3 Å². The summed E-state index contributed by atoms with van der Waals surface area (Å²) in [5, 5.41) is 8.76. The summed E-state index contributed by atoms with van der Waals surface area (Å²) in [4.78, 5) is 10.8. The van der Waals surface area contributed by atoms with E-state index in [4.69, 9.17) is 5.11 Å². The fourth-order valence-corrected chi connectivity index (χ4v) is 1.59. The van der Waals surface area contributed by atoms with Gasteiger partial charge < -0.3 is 5.11 Å². The summed E-state index contributed by atoms with van der Waals surface area (Å²) in [5.41, 5.74) is -1.28. The molecule has 2 aromatic carbocycles. The number of hydrogen-bond acceptors (Lipinski definition) is 1. The topological polar surface area (TPSA) is 37.3 Å². The minimum atomic E-state index is -1.41. The first-order valence-electron chi connectivity index (χ1n) is 5.08. The summed E-state index contributed by atoms with van der Waals surface area (Å²) in [6, 6.07) is 3.41. The van der Waals surface area contributed by atoms with Crippen LogP contribution in [0.15, 0.2) is 30.3 Å². The minimum absolute atomic E-state index is 0.275. The molecule has 0 radical (unpaired) electrons. The van der Waals surface area contributed by atoms with Gasteiger partial charge >= 0.3 is 5.97 Å². The molecule has 2 rings (SSSR count). The van der Waals surface area contributed by atoms with Gasteiger partial charge in [-0.05, 0) is 24.3 Å². The lowest BCUT2D eigenvalue weighted by Crippen LogP contribution is -1.99. The molecule has 0 amide bonds. The number of hydrogen-bond donors (Lipinski definition) is 1. The largest absolute Gasteiger partial charge is 0.478 e. The highest BCUT2D eigenvalue weighted by Gasteiger charge is 2.16. The molecule has 0 heterocycles. The molecular weight excluding hydrogens is 264 g/mol. The van der Waals surface area contributed by atoms with Crippen molar-refractivity contribution in [1.82, 2.24) is 0 Å². The molecule has 0 aliphatic carbocycles. The summed E-state index contributed by atoms with van der Waals surface area (Å²) < 4.78 is 52.9. The zero-order chi connectivity index (χ0) is 14.2. The predicted octanol–water partition coefficient (Wildman–Crippen LogP) is 3.61. The Morgan fingerprint density at radius 1 is 0.789 bits per heavy atom. The molecule has 0 atom stereocenters. The van der Waals surface area contributed by atoms with Crippen LogP contribution in [-0.2, 0) is 0 Å². The fourth-order valence-electron chi connectivity index (χ4n) is 1.59. The smallest absolute Gasteiger partial charge is 0.335 e. The van der Waals surface area contributed by atoms with Crippen molar-refractivity contribution in [2.75, 3.05) is 0 Å². The highest BCUT2D eigenvalue weighted by atomic mass is 19.2. The van der Waals surface area contributed by atoms with Crippen molar-refractivity contribution in [3.63, 3.8) is 0 Å². The molecule has 0 aromatic heterocycles. The van der Waals surface area contributed by atoms with Crippen molar-refractivity contribution >= 4 is 5.97 Å². The first-order valence-corrected chi connectivity index (χ1v) is 5.08. The maximum atomic E-state index is 13.6. The normalized spacial score (nSPS) is 10.5. The Kier molecular flexibility index (Phi) is 3.25. The molecule has 19 heavy (non-hydrogen) atoms. The number of benzene rings is 2. The monoisotopic (exact) mass is 270 g/mol. The van der Waals surface area contributed by atoms with Gasteiger partial charge in [-0.15, -0.1) is 0 Å². The van der Waals surface area contributed by atoms with E-state index in [1.807, 2.05) is 0 Å². The second-order valence-corrected chi connectivity index (χ2v) is 3.75. The Morgan fingerprint density at radius 3 is 2.00 bits per heavy atom. The maximum absolute atomic E-state index is 13.6. The van der Waals surface area contributed by atoms with Gasteiger partial charge in [0.25, 0.3) is 0 Å². The Labute approximate surface area is 104 Å². The third-order valence-electron chi connectivity index (χ3n) is 2.51. The number of aromatic carboxylic acids is 1. The van der Waals surface area contributed by atoms with Crippen molar-refractivity contribution in [3.8, 4) is 11.1 Å². The summed E-state index contributed by atoms with van der Waals surface area (Å²) >= 11 is 0. The van der Waals surface area contributed by atoms with Crippen molar-refractivity contribution in [3.05, 3.63) is 59.2 Å². The van der Waals surface area contributed by atoms with Crippen LogP contribution < -0.4 is 0 Å². The van der Waals surface area contributed by atoms with E-state index in [2.05, 4.69) is 0 Å². The Bertz CT molecular complexity index is 668. The van der Waals surface area contributed by atoms with Crippen LogP contribution in [0.5, 0.6) is 0 Å². The van der Waals surface area contributed by atoms with E-state index in [9.17, 15) is 22.4 Å². The van der Waals surface area contributed by atoms with Gasteiger partial charge in [-0.3, -0.25) is 0 Å². The molecule has 6 heteroatoms. The van der Waals surface area contributed by atoms with Crippen LogP contribution in [-0.4, -0.2) is 11.1 Å². The molecule has 0 spiro atoms. The summed E-state index contributed by atoms with van der Waals surface area (Å²) in [6.07, 6.45) is 0. The molecule has 1 N–H and O–H groups in total. The summed E-state index contributed by atoms with van der Waals surface area (Å²) in [5.74, 6) is -6.22. The number of halogens is 4. The molecule has 98 valence electrons. The highest BCUT2D eigenvalue weighted by molar-refractivity contribution is 5.89. The van der Waals surface area contributed by atoms with E-state index in [-0.39, 0.29) is 11.6 Å². The van der Waals surface area contributed by atoms with E-state index in [1.54, 1.807) is 0 Å². The third-order valence-corrected chi connectivity index (χ3v) is 2.51. The van der Waals surface area contributed by atoms with E-state index >= 15 is 0 Å². The van der Waals surface area contributed by atoms with E-state index in [0.717, 1.165) is 18.2 Å². The maximum Gasteiger partial charge on any atom is 0.335 e. The lowest BCUT2D eigenvalue weighted by molar-refractivity contribution is 0.0697. The molecule has 2 aromatic rings. The Hall–Kier alpha value is -2.37. The molecule has 0 fully saturated rings. The second kappa shape index (κ2) is 4.72. The van der Waals surface area contributed by atoms with Gasteiger partial charge in [0.1, 0.15) is 11.6 Å². The first-order chi connectivity index (χ1) is 8.90. The SMILES string of the molecule is O=C(O)c1ccc(F)c(-c2cc(F)c(F)cc2F)c1. The van der Waals surface area contributed by atoms with Crippen LogP contribution >= 0.6 is 0 Å². The van der Waals surface area contributed by atoms with Gasteiger partial charge in [0.05, 0.1) is 5.56 Å². The summed E-state index contributed by atoms with van der Waals surface area (Å²) in [6.45, 7) is 0. The van der Waals surface area contributed by atoms with E-state index < -0.39 is 40.4 Å². The minimum Gasteiger partial charge on any atom is -0.478 e. The van der Waals surface area contributed by atoms with Crippen LogP contribution in [0.2, 0.25) is 0 Å². The van der Waals surface area contributed by atoms with Crippen molar-refractivity contribution in [2.45, 2.75) is 0 Å². The number of carboxylic acid groups (broad SMARTS) is 1. The zero-order valence-electron chi connectivity index (χ0n) is 9.25. The van der Waals surface area contributed by atoms with Gasteiger partial charge in [-0.2, -0.15) is 0 Å². The lowest BCUT2D eigenvalue weighted by Gasteiger charge is -2.07. The molecule has 0 saturated heterocycles. The van der Waals surface area contributed by atoms with Crippen molar-refractivity contribution in [2.24, 2.45) is 0 Å². The van der Waals surface area contributed by atoms with Gasteiger partial charge in [-0.1, -0.05) is 0 Å². The zero-order valence-corrected chi connectivity index (χ0v) is 9.25. The average molecular weight is 270 g/mol. The standard InChI is InChI=1S/C13H6F4O2/c14-9-2-1-6(13(18)19)3-7(9)8-4-11(16)12(17)5-10(8)15/h1-5H,(H,18,19). The fraction of sp³-hybridized carbons (Fsp3) is 0. The Balaban J connectivity index is 2.67. The molecule has 0 unspecified atom stereocenters. The molecule has 0 saturated carbocycles. The van der Waals surface area contributed by atoms with Gasteiger partial charge in [0.2, 0.25) is 0 Å². The van der Waals surface area contributed by atoms with Crippen LogP contribution in [0.25, 0.3) is 11.1 Å². The van der Waals surface area contributed by atoms with Crippen molar-refractivity contribution < 1.29 is 27.5 Å². The third kappa shape index (κ3) is 2.42. The number of rotatable bonds is 2. The molecule has 0 aliphatic rings. The lowest BCUT2D eigenvalue weighted by atomic mass is 10.0.